The Morgan fingerprint density at radius 2 is 1.77 bits per heavy atom. The summed E-state index contributed by atoms with van der Waals surface area (Å²) in [5.41, 5.74) is 2.65. The summed E-state index contributed by atoms with van der Waals surface area (Å²) in [5, 5.41) is 0. The van der Waals surface area contributed by atoms with Crippen LogP contribution in [0.5, 0.6) is 0 Å². The van der Waals surface area contributed by atoms with Crippen LogP contribution < -0.4 is 4.90 Å². The topological polar surface area (TPSA) is 95.1 Å². The maximum atomic E-state index is 13.4. The Morgan fingerprint density at radius 3 is 2.49 bits per heavy atom. The van der Waals surface area contributed by atoms with Gasteiger partial charge in [-0.15, -0.1) is 0 Å². The van der Waals surface area contributed by atoms with Crippen LogP contribution in [-0.4, -0.2) is 70.8 Å². The lowest BCUT2D eigenvalue weighted by Gasteiger charge is -2.33. The van der Waals surface area contributed by atoms with Crippen molar-refractivity contribution in [3.63, 3.8) is 0 Å². The Hall–Kier alpha value is -2.27. The number of carbonyl (C=O) groups excluding carboxylic acids is 1. The van der Waals surface area contributed by atoms with Gasteiger partial charge in [0.1, 0.15) is 0 Å². The summed E-state index contributed by atoms with van der Waals surface area (Å²) in [5.74, 6) is -0.418. The summed E-state index contributed by atoms with van der Waals surface area (Å²) in [7, 11) is -4.01. The van der Waals surface area contributed by atoms with Gasteiger partial charge in [-0.3, -0.25) is 4.79 Å². The van der Waals surface area contributed by atoms with E-state index < -0.39 is 26.0 Å². The molecule has 2 heterocycles. The van der Waals surface area contributed by atoms with Gasteiger partial charge in [0.15, 0.2) is 0 Å². The third-order valence-electron chi connectivity index (χ3n) is 6.83. The summed E-state index contributed by atoms with van der Waals surface area (Å²) >= 11 is 0. The number of sulfonamides is 2. The molecule has 10 heteroatoms. The highest BCUT2D eigenvalue weighted by atomic mass is 32.2. The number of piperidine rings is 1. The lowest BCUT2D eigenvalue weighted by atomic mass is 9.98. The number of benzene rings is 2. The molecule has 0 saturated carbocycles. The first-order valence-electron chi connectivity index (χ1n) is 12.0. The fourth-order valence-electron chi connectivity index (χ4n) is 4.83. The number of hydrogen-bond acceptors (Lipinski definition) is 5. The molecule has 1 fully saturated rings. The Labute approximate surface area is 208 Å². The van der Waals surface area contributed by atoms with E-state index in [1.165, 1.54) is 28.8 Å². The van der Waals surface area contributed by atoms with Crippen LogP contribution in [0.3, 0.4) is 0 Å². The largest absolute Gasteiger partial charge is 0.312 e. The molecular formula is C25H33N3O5S2. The van der Waals surface area contributed by atoms with E-state index in [9.17, 15) is 21.6 Å². The highest BCUT2D eigenvalue weighted by molar-refractivity contribution is 7.89. The normalized spacial score (nSPS) is 19.2. The molecule has 190 valence electrons. The van der Waals surface area contributed by atoms with Crippen LogP contribution in [0.1, 0.15) is 30.4 Å². The van der Waals surface area contributed by atoms with Gasteiger partial charge in [0.2, 0.25) is 26.0 Å². The minimum absolute atomic E-state index is 0.0679. The average Bonchev–Trinajstić information content (AvgIpc) is 3.27. The molecule has 2 aromatic carbocycles. The molecular weight excluding hydrogens is 486 g/mol. The average molecular weight is 520 g/mol. The summed E-state index contributed by atoms with van der Waals surface area (Å²) in [6.45, 7) is 1.12. The Balaban J connectivity index is 1.41. The molecule has 0 radical (unpaired) electrons. The van der Waals surface area contributed by atoms with Crippen molar-refractivity contribution in [3.05, 3.63) is 59.7 Å². The van der Waals surface area contributed by atoms with Crippen molar-refractivity contribution in [3.8, 4) is 0 Å². The number of aryl methyl sites for hydroxylation is 1. The predicted molar refractivity (Wildman–Crippen MR) is 136 cm³/mol. The van der Waals surface area contributed by atoms with Crippen molar-refractivity contribution in [2.24, 2.45) is 5.92 Å². The monoisotopic (exact) mass is 519 g/mol. The van der Waals surface area contributed by atoms with Crippen LogP contribution in [0.25, 0.3) is 0 Å². The van der Waals surface area contributed by atoms with Gasteiger partial charge < -0.3 is 4.90 Å². The first-order valence-corrected chi connectivity index (χ1v) is 15.0. The van der Waals surface area contributed by atoms with Gasteiger partial charge in [0, 0.05) is 39.4 Å². The van der Waals surface area contributed by atoms with Crippen molar-refractivity contribution in [2.75, 3.05) is 44.4 Å². The van der Waals surface area contributed by atoms with Crippen LogP contribution in [0.15, 0.2) is 53.4 Å². The van der Waals surface area contributed by atoms with Crippen molar-refractivity contribution >= 4 is 31.6 Å². The van der Waals surface area contributed by atoms with E-state index in [2.05, 4.69) is 0 Å². The second-order valence-electron chi connectivity index (χ2n) is 9.42. The van der Waals surface area contributed by atoms with E-state index in [1.54, 1.807) is 17.0 Å². The van der Waals surface area contributed by atoms with E-state index >= 15 is 0 Å². The van der Waals surface area contributed by atoms with Crippen LogP contribution >= 0.6 is 0 Å². The first-order chi connectivity index (χ1) is 16.6. The number of nitrogens with zero attached hydrogens (tertiary/aromatic N) is 3. The molecule has 1 saturated heterocycles. The van der Waals surface area contributed by atoms with Gasteiger partial charge in [0.05, 0.1) is 16.6 Å². The van der Waals surface area contributed by atoms with E-state index in [0.717, 1.165) is 16.8 Å². The molecule has 4 rings (SSSR count). The number of anilines is 1. The van der Waals surface area contributed by atoms with Crippen molar-refractivity contribution < 1.29 is 21.6 Å². The van der Waals surface area contributed by atoms with Crippen LogP contribution in [0.2, 0.25) is 0 Å². The zero-order chi connectivity index (χ0) is 25.2. The van der Waals surface area contributed by atoms with Crippen molar-refractivity contribution in [1.82, 2.24) is 8.61 Å². The van der Waals surface area contributed by atoms with Gasteiger partial charge in [-0.05, 0) is 61.4 Å². The maximum absolute atomic E-state index is 13.4. The molecule has 0 aliphatic carbocycles. The second kappa shape index (κ2) is 10.4. The quantitative estimate of drug-likeness (QED) is 0.534. The Kier molecular flexibility index (Phi) is 7.65. The number of rotatable bonds is 8. The molecule has 0 unspecified atom stereocenters. The molecule has 35 heavy (non-hydrogen) atoms. The van der Waals surface area contributed by atoms with E-state index in [1.807, 2.05) is 30.3 Å². The molecule has 2 aromatic rings. The number of carbonyl (C=O) groups is 1. The molecule has 0 aromatic heterocycles. The Morgan fingerprint density at radius 1 is 1.03 bits per heavy atom. The third kappa shape index (κ3) is 5.61. The summed E-state index contributed by atoms with van der Waals surface area (Å²) in [6.07, 6.45) is 3.11. The molecule has 0 bridgehead atoms. The van der Waals surface area contributed by atoms with Crippen LogP contribution in [0.4, 0.5) is 5.69 Å². The highest BCUT2D eigenvalue weighted by Gasteiger charge is 2.36. The summed E-state index contributed by atoms with van der Waals surface area (Å²) < 4.78 is 53.6. The van der Waals surface area contributed by atoms with Gasteiger partial charge in [-0.25, -0.2) is 25.4 Å². The number of hydrogen-bond donors (Lipinski definition) is 0. The zero-order valence-corrected chi connectivity index (χ0v) is 21.9. The molecule has 2 aliphatic rings. The molecule has 1 atom stereocenters. The minimum atomic E-state index is -3.55. The third-order valence-corrected chi connectivity index (χ3v) is 10.6. The van der Waals surface area contributed by atoms with Crippen LogP contribution in [-0.2, 0) is 37.7 Å². The lowest BCUT2D eigenvalue weighted by molar-refractivity contribution is -0.123. The second-order valence-corrected chi connectivity index (χ2v) is 13.7. The van der Waals surface area contributed by atoms with Crippen molar-refractivity contribution in [2.45, 2.75) is 37.0 Å². The molecule has 8 nitrogen and oxygen atoms in total. The van der Waals surface area contributed by atoms with Gasteiger partial charge in [-0.2, -0.15) is 0 Å². The fourth-order valence-corrected chi connectivity index (χ4v) is 7.36. The predicted octanol–water partition coefficient (Wildman–Crippen LogP) is 2.50. The Bertz CT molecular complexity index is 1280. The van der Waals surface area contributed by atoms with E-state index in [-0.39, 0.29) is 23.1 Å². The molecule has 0 spiro atoms. The molecule has 0 N–H and O–H groups in total. The maximum Gasteiger partial charge on any atom is 0.242 e. The fraction of sp³-hybridized carbons (Fsp3) is 0.480. The van der Waals surface area contributed by atoms with Crippen molar-refractivity contribution in [1.29, 1.82) is 0 Å². The van der Waals surface area contributed by atoms with E-state index in [0.29, 0.717) is 45.2 Å². The molecule has 2 aliphatic heterocycles. The number of amides is 1. The smallest absolute Gasteiger partial charge is 0.242 e. The standard InChI is InChI=1S/C25H33N3O5S2/c1-26(2)35(32,33)23-12-13-24-21(18-23)14-16-28(24)25(29)22-11-6-15-27(19-22)34(30,31)17-7-10-20-8-4-3-5-9-20/h3-5,8-9,12-13,18,22H,6-7,10-11,14-17,19H2,1-2H3/t22-/m0/s1. The van der Waals surface area contributed by atoms with Gasteiger partial charge in [-0.1, -0.05) is 30.3 Å². The van der Waals surface area contributed by atoms with E-state index in [4.69, 9.17) is 0 Å². The summed E-state index contributed by atoms with van der Waals surface area (Å²) in [4.78, 5) is 15.3. The van der Waals surface area contributed by atoms with Gasteiger partial charge in [0.25, 0.3) is 0 Å². The summed E-state index contributed by atoms with van der Waals surface area (Å²) in [6, 6.07) is 14.7. The van der Waals surface area contributed by atoms with Gasteiger partial charge >= 0.3 is 0 Å². The minimum Gasteiger partial charge on any atom is -0.312 e. The molecule has 1 amide bonds. The number of fused-ring (bicyclic) bond motifs is 1. The highest BCUT2D eigenvalue weighted by Crippen LogP contribution is 2.33. The zero-order valence-electron chi connectivity index (χ0n) is 20.3. The first kappa shape index (κ1) is 25.8. The SMILES string of the molecule is CN(C)S(=O)(=O)c1ccc2c(c1)CCN2C(=O)[C@H]1CCCN(S(=O)(=O)CCCc2ccccc2)C1. The lowest BCUT2D eigenvalue weighted by Crippen LogP contribution is -2.47. The van der Waals surface area contributed by atoms with Crippen LogP contribution in [0, 0.1) is 5.92 Å².